The van der Waals surface area contributed by atoms with Gasteiger partial charge in [-0.3, -0.25) is 4.72 Å². The Kier molecular flexibility index (Phi) is 4.78. The Balaban J connectivity index is 2.48. The second-order valence-electron chi connectivity index (χ2n) is 4.48. The molecule has 0 aromatic heterocycles. The monoisotopic (exact) mass is 363 g/mol. The number of rotatable bonds is 4. The van der Waals surface area contributed by atoms with Crippen molar-refractivity contribution in [3.05, 3.63) is 59.2 Å². The van der Waals surface area contributed by atoms with E-state index in [0.717, 1.165) is 7.11 Å². The SMILES string of the molecule is COC(=O)c1cc(NS(=O)(=O)c2ccc(F)cc2F)c(F)cc1F. The summed E-state index contributed by atoms with van der Waals surface area (Å²) in [6.45, 7) is 0. The zero-order valence-electron chi connectivity index (χ0n) is 11.9. The van der Waals surface area contributed by atoms with E-state index >= 15 is 0 Å². The highest BCUT2D eigenvalue weighted by Crippen LogP contribution is 2.24. The van der Waals surface area contributed by atoms with Crippen LogP contribution in [0.4, 0.5) is 23.2 Å². The molecule has 0 aliphatic heterocycles. The zero-order chi connectivity index (χ0) is 18.1. The van der Waals surface area contributed by atoms with Crippen LogP contribution in [-0.2, 0) is 14.8 Å². The first kappa shape index (κ1) is 17.7. The van der Waals surface area contributed by atoms with E-state index in [-0.39, 0.29) is 6.07 Å². The van der Waals surface area contributed by atoms with Crippen molar-refractivity contribution in [1.29, 1.82) is 0 Å². The number of esters is 1. The van der Waals surface area contributed by atoms with Crippen molar-refractivity contribution in [2.75, 3.05) is 11.8 Å². The molecule has 0 saturated carbocycles. The van der Waals surface area contributed by atoms with Crippen LogP contribution in [0.15, 0.2) is 35.2 Å². The summed E-state index contributed by atoms with van der Waals surface area (Å²) in [6.07, 6.45) is 0. The molecule has 0 bridgehead atoms. The molecule has 2 aromatic rings. The molecule has 0 saturated heterocycles. The quantitative estimate of drug-likeness (QED) is 0.670. The molecule has 24 heavy (non-hydrogen) atoms. The fourth-order valence-corrected chi connectivity index (χ4v) is 2.91. The summed E-state index contributed by atoms with van der Waals surface area (Å²) in [5, 5.41) is 0. The highest BCUT2D eigenvalue weighted by Gasteiger charge is 2.23. The molecular formula is C14H9F4NO4S. The van der Waals surface area contributed by atoms with Crippen LogP contribution >= 0.6 is 0 Å². The Morgan fingerprint density at radius 3 is 2.25 bits per heavy atom. The van der Waals surface area contributed by atoms with Crippen LogP contribution in [0.3, 0.4) is 0 Å². The van der Waals surface area contributed by atoms with E-state index in [1.54, 1.807) is 4.72 Å². The van der Waals surface area contributed by atoms with Gasteiger partial charge < -0.3 is 4.74 Å². The molecular weight excluding hydrogens is 354 g/mol. The largest absolute Gasteiger partial charge is 0.465 e. The summed E-state index contributed by atoms with van der Waals surface area (Å²) in [5.74, 6) is -6.19. The average molecular weight is 363 g/mol. The molecule has 2 rings (SSSR count). The Bertz CT molecular complexity index is 915. The van der Waals surface area contributed by atoms with Gasteiger partial charge in [0, 0.05) is 12.1 Å². The summed E-state index contributed by atoms with van der Waals surface area (Å²) in [4.78, 5) is 10.4. The van der Waals surface area contributed by atoms with Gasteiger partial charge >= 0.3 is 5.97 Å². The van der Waals surface area contributed by atoms with Crippen LogP contribution in [0.1, 0.15) is 10.4 Å². The number of hydrogen-bond donors (Lipinski definition) is 1. The van der Waals surface area contributed by atoms with Crippen LogP contribution < -0.4 is 4.72 Å². The Hall–Kier alpha value is -2.62. The van der Waals surface area contributed by atoms with Crippen LogP contribution in [0.25, 0.3) is 0 Å². The maximum atomic E-state index is 13.7. The van der Waals surface area contributed by atoms with Crippen molar-refractivity contribution >= 4 is 21.7 Å². The van der Waals surface area contributed by atoms with Crippen LogP contribution in [-0.4, -0.2) is 21.5 Å². The lowest BCUT2D eigenvalue weighted by Gasteiger charge is -2.11. The van der Waals surface area contributed by atoms with Crippen LogP contribution in [0.2, 0.25) is 0 Å². The molecule has 0 fully saturated rings. The first-order valence-corrected chi connectivity index (χ1v) is 7.69. The number of carbonyl (C=O) groups excluding carboxylic acids is 1. The number of methoxy groups -OCH3 is 1. The third kappa shape index (κ3) is 3.48. The second kappa shape index (κ2) is 6.48. The summed E-state index contributed by atoms with van der Waals surface area (Å²) < 4.78 is 83.8. The van der Waals surface area contributed by atoms with E-state index in [9.17, 15) is 30.8 Å². The first-order chi connectivity index (χ1) is 11.2. The van der Waals surface area contributed by atoms with Gasteiger partial charge in [0.05, 0.1) is 18.4 Å². The minimum absolute atomic E-state index is 0.269. The minimum Gasteiger partial charge on any atom is -0.465 e. The summed E-state index contributed by atoms with van der Waals surface area (Å²) >= 11 is 0. The number of ether oxygens (including phenoxy) is 1. The van der Waals surface area contributed by atoms with Crippen molar-refractivity contribution in [2.45, 2.75) is 4.90 Å². The van der Waals surface area contributed by atoms with E-state index in [2.05, 4.69) is 4.74 Å². The predicted octanol–water partition coefficient (Wildman–Crippen LogP) is 2.83. The molecule has 5 nitrogen and oxygen atoms in total. The topological polar surface area (TPSA) is 72.5 Å². The fraction of sp³-hybridized carbons (Fsp3) is 0.0714. The van der Waals surface area contributed by atoms with E-state index in [0.29, 0.717) is 24.3 Å². The van der Waals surface area contributed by atoms with E-state index in [1.807, 2.05) is 0 Å². The van der Waals surface area contributed by atoms with Crippen molar-refractivity contribution in [3.63, 3.8) is 0 Å². The van der Waals surface area contributed by atoms with E-state index < -0.39 is 55.4 Å². The molecule has 0 aliphatic rings. The van der Waals surface area contributed by atoms with E-state index in [4.69, 9.17) is 0 Å². The fourth-order valence-electron chi connectivity index (χ4n) is 1.79. The third-order valence-electron chi connectivity index (χ3n) is 2.89. The molecule has 128 valence electrons. The van der Waals surface area contributed by atoms with Crippen LogP contribution in [0, 0.1) is 23.3 Å². The molecule has 0 amide bonds. The summed E-state index contributed by atoms with van der Waals surface area (Å²) in [6, 6.07) is 2.49. The highest BCUT2D eigenvalue weighted by atomic mass is 32.2. The lowest BCUT2D eigenvalue weighted by atomic mass is 10.2. The minimum atomic E-state index is -4.65. The van der Waals surface area contributed by atoms with Gasteiger partial charge in [0.2, 0.25) is 0 Å². The van der Waals surface area contributed by atoms with Gasteiger partial charge in [0.15, 0.2) is 0 Å². The standard InChI is InChI=1S/C14H9F4NO4S/c1-23-14(20)8-5-12(10(17)6-9(8)16)19-24(21,22)13-3-2-7(15)4-11(13)18/h2-6,19H,1H3. The second-order valence-corrected chi connectivity index (χ2v) is 6.13. The number of benzene rings is 2. The molecule has 1 N–H and O–H groups in total. The Labute approximate surface area is 133 Å². The average Bonchev–Trinajstić information content (AvgIpc) is 2.48. The normalized spacial score (nSPS) is 11.2. The molecule has 2 aromatic carbocycles. The number of anilines is 1. The van der Waals surface area contributed by atoms with Gasteiger partial charge in [-0.2, -0.15) is 0 Å². The molecule has 0 radical (unpaired) electrons. The van der Waals surface area contributed by atoms with Gasteiger partial charge in [0.1, 0.15) is 28.2 Å². The maximum absolute atomic E-state index is 13.7. The van der Waals surface area contributed by atoms with Crippen molar-refractivity contribution in [2.24, 2.45) is 0 Å². The Morgan fingerprint density at radius 2 is 1.67 bits per heavy atom. The predicted molar refractivity (Wildman–Crippen MR) is 74.9 cm³/mol. The number of sulfonamides is 1. The number of hydrogen-bond acceptors (Lipinski definition) is 4. The summed E-state index contributed by atoms with van der Waals surface area (Å²) in [5.41, 5.74) is -1.53. The highest BCUT2D eigenvalue weighted by molar-refractivity contribution is 7.92. The van der Waals surface area contributed by atoms with Gasteiger partial charge in [-0.1, -0.05) is 0 Å². The Morgan fingerprint density at radius 1 is 1.00 bits per heavy atom. The molecule has 0 aliphatic carbocycles. The molecule has 0 unspecified atom stereocenters. The van der Waals surface area contributed by atoms with Crippen molar-refractivity contribution in [3.8, 4) is 0 Å². The zero-order valence-corrected chi connectivity index (χ0v) is 12.8. The van der Waals surface area contributed by atoms with E-state index in [1.165, 1.54) is 0 Å². The van der Waals surface area contributed by atoms with Gasteiger partial charge in [-0.25, -0.2) is 30.8 Å². The van der Waals surface area contributed by atoms with Crippen molar-refractivity contribution < 1.29 is 35.5 Å². The number of halogens is 4. The third-order valence-corrected chi connectivity index (χ3v) is 4.29. The number of nitrogens with one attached hydrogen (secondary N) is 1. The van der Waals surface area contributed by atoms with Gasteiger partial charge in [-0.15, -0.1) is 0 Å². The van der Waals surface area contributed by atoms with Gasteiger partial charge in [0.25, 0.3) is 10.0 Å². The smallest absolute Gasteiger partial charge is 0.340 e. The molecule has 0 heterocycles. The molecule has 10 heteroatoms. The molecule has 0 atom stereocenters. The summed E-state index contributed by atoms with van der Waals surface area (Å²) in [7, 11) is -3.70. The van der Waals surface area contributed by atoms with Crippen molar-refractivity contribution in [1.82, 2.24) is 0 Å². The lowest BCUT2D eigenvalue weighted by molar-refractivity contribution is 0.0595. The number of carbonyl (C=O) groups is 1. The molecule has 0 spiro atoms. The maximum Gasteiger partial charge on any atom is 0.340 e. The van der Waals surface area contributed by atoms with Crippen LogP contribution in [0.5, 0.6) is 0 Å². The first-order valence-electron chi connectivity index (χ1n) is 6.21. The van der Waals surface area contributed by atoms with Gasteiger partial charge in [-0.05, 0) is 18.2 Å². The lowest BCUT2D eigenvalue weighted by Crippen LogP contribution is -2.17.